The lowest BCUT2D eigenvalue weighted by atomic mass is 10.1. The number of carbonyl (C=O) groups excluding carboxylic acids is 1. The Hall–Kier alpha value is -2.95. The minimum Gasteiger partial charge on any atom is -0.492 e. The maximum Gasteiger partial charge on any atom is 0.270 e. The molecule has 0 unspecified atom stereocenters. The minimum absolute atomic E-state index is 0.224. The molecule has 116 valence electrons. The van der Waals surface area contributed by atoms with Gasteiger partial charge in [-0.2, -0.15) is 0 Å². The average Bonchev–Trinajstić information content (AvgIpc) is 2.58. The quantitative estimate of drug-likeness (QED) is 0.736. The number of rotatable bonds is 5. The van der Waals surface area contributed by atoms with Crippen molar-refractivity contribution in [1.29, 1.82) is 0 Å². The van der Waals surface area contributed by atoms with E-state index in [9.17, 15) is 4.79 Å². The topological polar surface area (TPSA) is 64.1 Å². The lowest BCUT2D eigenvalue weighted by Gasteiger charge is -2.08. The van der Waals surface area contributed by atoms with Crippen molar-refractivity contribution in [3.63, 3.8) is 0 Å². The zero-order valence-corrected chi connectivity index (χ0v) is 12.8. The van der Waals surface area contributed by atoms with Gasteiger partial charge in [0.1, 0.15) is 23.9 Å². The van der Waals surface area contributed by atoms with E-state index in [0.717, 1.165) is 11.1 Å². The molecule has 3 aromatic rings. The predicted octanol–water partition coefficient (Wildman–Crippen LogP) is 2.75. The van der Waals surface area contributed by atoms with Gasteiger partial charge in [0.2, 0.25) is 0 Å². The number of nitrogens with one attached hydrogen (secondary N) is 1. The largest absolute Gasteiger partial charge is 0.492 e. The zero-order valence-electron chi connectivity index (χ0n) is 12.8. The van der Waals surface area contributed by atoms with Crippen LogP contribution in [-0.4, -0.2) is 29.0 Å². The second-order valence-corrected chi connectivity index (χ2v) is 5.10. The summed E-state index contributed by atoms with van der Waals surface area (Å²) < 4.78 is 5.68. The van der Waals surface area contributed by atoms with Gasteiger partial charge in [0, 0.05) is 6.20 Å². The summed E-state index contributed by atoms with van der Waals surface area (Å²) in [4.78, 5) is 20.0. The molecule has 0 saturated heterocycles. The highest BCUT2D eigenvalue weighted by Gasteiger charge is 2.06. The van der Waals surface area contributed by atoms with Crippen LogP contribution in [0.3, 0.4) is 0 Å². The smallest absolute Gasteiger partial charge is 0.270 e. The van der Waals surface area contributed by atoms with E-state index < -0.39 is 0 Å². The number of hydrogen-bond acceptors (Lipinski definition) is 4. The van der Waals surface area contributed by atoms with Crippen LogP contribution in [0.2, 0.25) is 0 Å². The van der Waals surface area contributed by atoms with E-state index in [-0.39, 0.29) is 5.91 Å². The van der Waals surface area contributed by atoms with Crippen molar-refractivity contribution >= 4 is 16.7 Å². The van der Waals surface area contributed by atoms with Crippen LogP contribution in [0.5, 0.6) is 5.75 Å². The first-order valence-corrected chi connectivity index (χ1v) is 7.42. The van der Waals surface area contributed by atoms with Gasteiger partial charge in [-0.25, -0.2) is 9.97 Å². The Morgan fingerprint density at radius 1 is 1.13 bits per heavy atom. The Balaban J connectivity index is 1.51. The molecule has 2 aromatic carbocycles. The molecular weight excluding hydrogens is 290 g/mol. The number of fused-ring (bicyclic) bond motifs is 1. The standard InChI is InChI=1S/C18H17N3O2/c1-13-19-9-8-17(21-13)18(22)20-10-11-23-16-7-6-14-4-2-3-5-15(14)12-16/h2-9,12H,10-11H2,1H3,(H,20,22). The van der Waals surface area contributed by atoms with E-state index in [2.05, 4.69) is 21.4 Å². The van der Waals surface area contributed by atoms with Crippen LogP contribution in [0, 0.1) is 6.92 Å². The Labute approximate surface area is 134 Å². The molecule has 0 radical (unpaired) electrons. The number of aryl methyl sites for hydroxylation is 1. The highest BCUT2D eigenvalue weighted by Crippen LogP contribution is 2.20. The van der Waals surface area contributed by atoms with Gasteiger partial charge in [-0.1, -0.05) is 30.3 Å². The Morgan fingerprint density at radius 2 is 1.96 bits per heavy atom. The second-order valence-electron chi connectivity index (χ2n) is 5.10. The van der Waals surface area contributed by atoms with E-state index in [0.29, 0.717) is 24.7 Å². The summed E-state index contributed by atoms with van der Waals surface area (Å²) in [6, 6.07) is 15.6. The van der Waals surface area contributed by atoms with Gasteiger partial charge in [0.05, 0.1) is 6.54 Å². The molecule has 0 fully saturated rings. The molecular formula is C18H17N3O2. The number of ether oxygens (including phenoxy) is 1. The van der Waals surface area contributed by atoms with Crippen molar-refractivity contribution in [3.8, 4) is 5.75 Å². The van der Waals surface area contributed by atoms with Crippen molar-refractivity contribution in [2.24, 2.45) is 0 Å². The lowest BCUT2D eigenvalue weighted by molar-refractivity contribution is 0.0941. The number of amides is 1. The molecule has 0 aliphatic carbocycles. The molecule has 1 aromatic heterocycles. The maximum absolute atomic E-state index is 11.9. The predicted molar refractivity (Wildman–Crippen MR) is 88.5 cm³/mol. The summed E-state index contributed by atoms with van der Waals surface area (Å²) in [5, 5.41) is 5.08. The third-order valence-electron chi connectivity index (χ3n) is 3.39. The van der Waals surface area contributed by atoms with E-state index in [1.807, 2.05) is 36.4 Å². The molecule has 5 heteroatoms. The van der Waals surface area contributed by atoms with Gasteiger partial charge in [-0.3, -0.25) is 4.79 Å². The maximum atomic E-state index is 11.9. The van der Waals surface area contributed by atoms with Gasteiger partial charge < -0.3 is 10.1 Å². The zero-order chi connectivity index (χ0) is 16.1. The van der Waals surface area contributed by atoms with E-state index in [4.69, 9.17) is 4.74 Å². The van der Waals surface area contributed by atoms with Crippen LogP contribution in [0.1, 0.15) is 16.3 Å². The molecule has 1 heterocycles. The van der Waals surface area contributed by atoms with Crippen LogP contribution in [0.15, 0.2) is 54.7 Å². The van der Waals surface area contributed by atoms with Crippen molar-refractivity contribution in [3.05, 3.63) is 66.2 Å². The van der Waals surface area contributed by atoms with Gasteiger partial charge in [-0.15, -0.1) is 0 Å². The molecule has 1 amide bonds. The Kier molecular flexibility index (Phi) is 4.47. The number of nitrogens with zero attached hydrogens (tertiary/aromatic N) is 2. The molecule has 3 rings (SSSR count). The normalized spacial score (nSPS) is 10.5. The first-order chi connectivity index (χ1) is 11.2. The molecule has 0 aliphatic rings. The Morgan fingerprint density at radius 3 is 2.78 bits per heavy atom. The van der Waals surface area contributed by atoms with E-state index in [1.165, 1.54) is 5.39 Å². The molecule has 1 N–H and O–H groups in total. The fourth-order valence-corrected chi connectivity index (χ4v) is 2.26. The van der Waals surface area contributed by atoms with Crippen LogP contribution in [-0.2, 0) is 0 Å². The summed E-state index contributed by atoms with van der Waals surface area (Å²) >= 11 is 0. The molecule has 5 nitrogen and oxygen atoms in total. The van der Waals surface area contributed by atoms with Crippen LogP contribution < -0.4 is 10.1 Å². The molecule has 0 atom stereocenters. The summed E-state index contributed by atoms with van der Waals surface area (Å²) in [6.07, 6.45) is 1.57. The van der Waals surface area contributed by atoms with Crippen molar-refractivity contribution in [2.45, 2.75) is 6.92 Å². The lowest BCUT2D eigenvalue weighted by Crippen LogP contribution is -2.29. The van der Waals surface area contributed by atoms with Gasteiger partial charge in [-0.05, 0) is 35.9 Å². The van der Waals surface area contributed by atoms with Crippen LogP contribution >= 0.6 is 0 Å². The van der Waals surface area contributed by atoms with Gasteiger partial charge >= 0.3 is 0 Å². The third kappa shape index (κ3) is 3.83. The average molecular weight is 307 g/mol. The molecule has 0 saturated carbocycles. The van der Waals surface area contributed by atoms with Crippen molar-refractivity contribution in [1.82, 2.24) is 15.3 Å². The fourth-order valence-electron chi connectivity index (χ4n) is 2.26. The molecule has 0 bridgehead atoms. The number of aromatic nitrogens is 2. The molecule has 0 aliphatic heterocycles. The number of carbonyl (C=O) groups is 1. The monoisotopic (exact) mass is 307 g/mol. The highest BCUT2D eigenvalue weighted by atomic mass is 16.5. The molecule has 0 spiro atoms. The SMILES string of the molecule is Cc1nccc(C(=O)NCCOc2ccc3ccccc3c2)n1. The summed E-state index contributed by atoms with van der Waals surface area (Å²) in [7, 11) is 0. The van der Waals surface area contributed by atoms with Crippen molar-refractivity contribution in [2.75, 3.05) is 13.2 Å². The highest BCUT2D eigenvalue weighted by molar-refractivity contribution is 5.92. The number of benzene rings is 2. The van der Waals surface area contributed by atoms with Crippen LogP contribution in [0.4, 0.5) is 0 Å². The Bertz CT molecular complexity index is 833. The van der Waals surface area contributed by atoms with E-state index in [1.54, 1.807) is 19.2 Å². The summed E-state index contributed by atoms with van der Waals surface area (Å²) in [5.74, 6) is 1.14. The first-order valence-electron chi connectivity index (χ1n) is 7.42. The van der Waals surface area contributed by atoms with Crippen LogP contribution in [0.25, 0.3) is 10.8 Å². The van der Waals surface area contributed by atoms with Gasteiger partial charge in [0.15, 0.2) is 0 Å². The summed E-state index contributed by atoms with van der Waals surface area (Å²) in [6.45, 7) is 2.56. The van der Waals surface area contributed by atoms with E-state index >= 15 is 0 Å². The van der Waals surface area contributed by atoms with Crippen molar-refractivity contribution < 1.29 is 9.53 Å². The third-order valence-corrected chi connectivity index (χ3v) is 3.39. The molecule has 23 heavy (non-hydrogen) atoms. The fraction of sp³-hybridized carbons (Fsp3) is 0.167. The number of hydrogen-bond donors (Lipinski definition) is 1. The minimum atomic E-state index is -0.224. The van der Waals surface area contributed by atoms with Gasteiger partial charge in [0.25, 0.3) is 5.91 Å². The summed E-state index contributed by atoms with van der Waals surface area (Å²) in [5.41, 5.74) is 0.364. The first kappa shape index (κ1) is 15.0. The second kappa shape index (κ2) is 6.87.